The monoisotopic (exact) mass is 396 g/mol. The van der Waals surface area contributed by atoms with E-state index in [1.807, 2.05) is 13.8 Å². The number of aryl methyl sites for hydroxylation is 2. The molecule has 0 unspecified atom stereocenters. The summed E-state index contributed by atoms with van der Waals surface area (Å²) in [5, 5.41) is 7.16. The molecule has 0 radical (unpaired) electrons. The number of ether oxygens (including phenoxy) is 1. The zero-order valence-corrected chi connectivity index (χ0v) is 16.7. The van der Waals surface area contributed by atoms with E-state index in [4.69, 9.17) is 10.5 Å². The van der Waals surface area contributed by atoms with Gasteiger partial charge in [0.05, 0.1) is 18.7 Å². The van der Waals surface area contributed by atoms with Crippen molar-refractivity contribution in [2.75, 3.05) is 11.9 Å². The number of aromatic nitrogens is 4. The van der Waals surface area contributed by atoms with Crippen LogP contribution in [0.2, 0.25) is 0 Å². The molecule has 1 aromatic carbocycles. The number of fused-ring (bicyclic) bond motifs is 1. The van der Waals surface area contributed by atoms with E-state index in [-0.39, 0.29) is 18.9 Å². The summed E-state index contributed by atoms with van der Waals surface area (Å²) < 4.78 is 6.64. The molecule has 0 aliphatic rings. The van der Waals surface area contributed by atoms with Gasteiger partial charge in [0.15, 0.2) is 5.82 Å². The number of nitrogens with zero attached hydrogens (tertiary/aromatic N) is 4. The molecule has 0 spiro atoms. The summed E-state index contributed by atoms with van der Waals surface area (Å²) in [4.78, 5) is 33.0. The topological polar surface area (TPSA) is 124 Å². The third-order valence-electron chi connectivity index (χ3n) is 4.53. The maximum absolute atomic E-state index is 12.4. The Kier molecular flexibility index (Phi) is 6.18. The summed E-state index contributed by atoms with van der Waals surface area (Å²) in [7, 11) is 0. The standard InChI is InChI=1S/C20H24N6O3/c1-4-29-19(28)14-6-5-7-15(10-14)23-18(27)9-8-16-12(2)22-20-24-17(11-21)25-26(20)13(16)3/h5-7,10H,4,8-9,11,21H2,1-3H3,(H,23,27). The third kappa shape index (κ3) is 4.57. The van der Waals surface area contributed by atoms with Gasteiger partial charge in [-0.15, -0.1) is 5.10 Å². The number of nitrogens with two attached hydrogens (primary N) is 1. The number of benzene rings is 1. The Hall–Kier alpha value is -3.33. The first kappa shape index (κ1) is 20.4. The second kappa shape index (κ2) is 8.78. The molecule has 0 saturated heterocycles. The van der Waals surface area contributed by atoms with Crippen molar-refractivity contribution in [3.63, 3.8) is 0 Å². The number of hydrogen-bond donors (Lipinski definition) is 2. The average Bonchev–Trinajstić information content (AvgIpc) is 3.11. The summed E-state index contributed by atoms with van der Waals surface area (Å²) in [5.74, 6) is 0.450. The fraction of sp³-hybridized carbons (Fsp3) is 0.350. The Labute approximate surface area is 168 Å². The van der Waals surface area contributed by atoms with Crippen LogP contribution >= 0.6 is 0 Å². The van der Waals surface area contributed by atoms with Crippen molar-refractivity contribution >= 4 is 23.3 Å². The lowest BCUT2D eigenvalue weighted by Gasteiger charge is -2.11. The van der Waals surface area contributed by atoms with Crippen molar-refractivity contribution in [3.05, 3.63) is 52.6 Å². The fourth-order valence-corrected chi connectivity index (χ4v) is 3.10. The molecular formula is C20H24N6O3. The lowest BCUT2D eigenvalue weighted by atomic mass is 10.1. The summed E-state index contributed by atoms with van der Waals surface area (Å²) in [6, 6.07) is 6.68. The van der Waals surface area contributed by atoms with Gasteiger partial charge < -0.3 is 15.8 Å². The number of esters is 1. The van der Waals surface area contributed by atoms with E-state index in [0.29, 0.717) is 35.9 Å². The number of amides is 1. The first-order valence-electron chi connectivity index (χ1n) is 9.41. The molecule has 0 atom stereocenters. The van der Waals surface area contributed by atoms with Crippen LogP contribution in [0.4, 0.5) is 5.69 Å². The van der Waals surface area contributed by atoms with Crippen molar-refractivity contribution in [1.29, 1.82) is 0 Å². The van der Waals surface area contributed by atoms with E-state index in [1.165, 1.54) is 0 Å². The number of carbonyl (C=O) groups excluding carboxylic acids is 2. The fourth-order valence-electron chi connectivity index (χ4n) is 3.10. The van der Waals surface area contributed by atoms with Crippen molar-refractivity contribution in [2.24, 2.45) is 5.73 Å². The van der Waals surface area contributed by atoms with Gasteiger partial charge in [-0.05, 0) is 51.0 Å². The SMILES string of the molecule is CCOC(=O)c1cccc(NC(=O)CCc2c(C)nc3nc(CN)nn3c2C)c1. The van der Waals surface area contributed by atoms with Crippen LogP contribution in [0, 0.1) is 13.8 Å². The molecule has 0 fully saturated rings. The van der Waals surface area contributed by atoms with Crippen LogP contribution < -0.4 is 11.1 Å². The second-order valence-electron chi connectivity index (χ2n) is 6.55. The van der Waals surface area contributed by atoms with Crippen molar-refractivity contribution in [3.8, 4) is 0 Å². The Bertz CT molecular complexity index is 1060. The van der Waals surface area contributed by atoms with Gasteiger partial charge in [-0.2, -0.15) is 4.98 Å². The molecule has 3 aromatic rings. The Morgan fingerprint density at radius 1 is 1.24 bits per heavy atom. The molecule has 0 aliphatic carbocycles. The predicted molar refractivity (Wildman–Crippen MR) is 107 cm³/mol. The highest BCUT2D eigenvalue weighted by Gasteiger charge is 2.15. The second-order valence-corrected chi connectivity index (χ2v) is 6.55. The molecule has 0 bridgehead atoms. The Morgan fingerprint density at radius 3 is 2.76 bits per heavy atom. The summed E-state index contributed by atoms with van der Waals surface area (Å²) in [6.07, 6.45) is 0.763. The zero-order chi connectivity index (χ0) is 21.0. The minimum Gasteiger partial charge on any atom is -0.462 e. The zero-order valence-electron chi connectivity index (χ0n) is 16.7. The van der Waals surface area contributed by atoms with E-state index < -0.39 is 5.97 Å². The highest BCUT2D eigenvalue weighted by Crippen LogP contribution is 2.17. The minimum absolute atomic E-state index is 0.161. The number of anilines is 1. The van der Waals surface area contributed by atoms with Crippen molar-refractivity contribution in [2.45, 2.75) is 40.2 Å². The van der Waals surface area contributed by atoms with Crippen LogP contribution in [-0.2, 0) is 22.5 Å². The molecule has 1 amide bonds. The van der Waals surface area contributed by atoms with Gasteiger partial charge in [0.1, 0.15) is 0 Å². The van der Waals surface area contributed by atoms with E-state index >= 15 is 0 Å². The predicted octanol–water partition coefficient (Wildman–Crippen LogP) is 1.95. The summed E-state index contributed by atoms with van der Waals surface area (Å²) in [5.41, 5.74) is 9.19. The van der Waals surface area contributed by atoms with Crippen LogP contribution in [0.15, 0.2) is 24.3 Å². The molecule has 3 N–H and O–H groups in total. The highest BCUT2D eigenvalue weighted by atomic mass is 16.5. The van der Waals surface area contributed by atoms with Gasteiger partial charge in [-0.25, -0.2) is 14.3 Å². The van der Waals surface area contributed by atoms with Gasteiger partial charge in [0.25, 0.3) is 5.78 Å². The van der Waals surface area contributed by atoms with Crippen LogP contribution in [0.5, 0.6) is 0 Å². The summed E-state index contributed by atoms with van der Waals surface area (Å²) in [6.45, 7) is 6.10. The molecule has 2 aromatic heterocycles. The maximum Gasteiger partial charge on any atom is 0.338 e. The maximum atomic E-state index is 12.4. The average molecular weight is 396 g/mol. The van der Waals surface area contributed by atoms with Crippen LogP contribution in [-0.4, -0.2) is 38.1 Å². The van der Waals surface area contributed by atoms with Crippen molar-refractivity contribution < 1.29 is 14.3 Å². The number of carbonyl (C=O) groups is 2. The summed E-state index contributed by atoms with van der Waals surface area (Å²) >= 11 is 0. The molecule has 29 heavy (non-hydrogen) atoms. The molecule has 0 aliphatic heterocycles. The molecule has 9 heteroatoms. The largest absolute Gasteiger partial charge is 0.462 e. The number of nitrogens with one attached hydrogen (secondary N) is 1. The lowest BCUT2D eigenvalue weighted by molar-refractivity contribution is -0.116. The molecule has 2 heterocycles. The molecule has 152 valence electrons. The van der Waals surface area contributed by atoms with Gasteiger partial charge in [0, 0.05) is 23.5 Å². The Morgan fingerprint density at radius 2 is 2.03 bits per heavy atom. The minimum atomic E-state index is -0.418. The van der Waals surface area contributed by atoms with E-state index in [1.54, 1.807) is 35.7 Å². The smallest absolute Gasteiger partial charge is 0.338 e. The molecular weight excluding hydrogens is 372 g/mol. The number of hydrogen-bond acceptors (Lipinski definition) is 7. The van der Waals surface area contributed by atoms with Gasteiger partial charge in [-0.3, -0.25) is 4.79 Å². The van der Waals surface area contributed by atoms with Crippen LogP contribution in [0.1, 0.15) is 46.5 Å². The van der Waals surface area contributed by atoms with Crippen LogP contribution in [0.3, 0.4) is 0 Å². The molecule has 0 saturated carbocycles. The lowest BCUT2D eigenvalue weighted by Crippen LogP contribution is -2.15. The van der Waals surface area contributed by atoms with E-state index in [0.717, 1.165) is 17.0 Å². The van der Waals surface area contributed by atoms with Gasteiger partial charge >= 0.3 is 5.97 Å². The van der Waals surface area contributed by atoms with Crippen molar-refractivity contribution in [1.82, 2.24) is 19.6 Å². The van der Waals surface area contributed by atoms with Gasteiger partial charge in [0.2, 0.25) is 5.91 Å². The third-order valence-corrected chi connectivity index (χ3v) is 4.53. The van der Waals surface area contributed by atoms with Crippen LogP contribution in [0.25, 0.3) is 5.78 Å². The Balaban J connectivity index is 1.70. The van der Waals surface area contributed by atoms with Gasteiger partial charge in [-0.1, -0.05) is 6.07 Å². The van der Waals surface area contributed by atoms with E-state index in [2.05, 4.69) is 20.4 Å². The van der Waals surface area contributed by atoms with E-state index in [9.17, 15) is 9.59 Å². The molecule has 3 rings (SSSR count). The highest BCUT2D eigenvalue weighted by molar-refractivity contribution is 5.94. The first-order valence-corrected chi connectivity index (χ1v) is 9.41. The molecule has 9 nitrogen and oxygen atoms in total. The first-order chi connectivity index (χ1) is 13.9. The normalized spacial score (nSPS) is 10.9. The number of rotatable bonds is 7. The quantitative estimate of drug-likeness (QED) is 0.585.